The van der Waals surface area contributed by atoms with E-state index in [4.69, 9.17) is 0 Å². The summed E-state index contributed by atoms with van der Waals surface area (Å²) in [5.74, 6) is 1.82. The van der Waals surface area contributed by atoms with Crippen LogP contribution in [0, 0.1) is 0 Å². The van der Waals surface area contributed by atoms with Gasteiger partial charge in [-0.1, -0.05) is 0 Å². The lowest BCUT2D eigenvalue weighted by atomic mass is 10.1. The highest BCUT2D eigenvalue weighted by molar-refractivity contribution is 7.99. The molecule has 1 aliphatic rings. The van der Waals surface area contributed by atoms with Crippen LogP contribution < -0.4 is 10.1 Å². The van der Waals surface area contributed by atoms with Crippen molar-refractivity contribution in [2.45, 2.75) is 6.61 Å². The maximum Gasteiger partial charge on any atom is 0.387 e. The summed E-state index contributed by atoms with van der Waals surface area (Å²) >= 11 is 1.81. The Kier molecular flexibility index (Phi) is 4.80. The van der Waals surface area contributed by atoms with Crippen molar-refractivity contribution in [3.63, 3.8) is 0 Å². The number of nitrogens with zero attached hydrogens (tertiary/aromatic N) is 2. The summed E-state index contributed by atoms with van der Waals surface area (Å²) in [6, 6.07) is 6.14. The van der Waals surface area contributed by atoms with Gasteiger partial charge in [-0.15, -0.1) is 0 Å². The van der Waals surface area contributed by atoms with Crippen molar-refractivity contribution in [2.75, 3.05) is 29.9 Å². The van der Waals surface area contributed by atoms with E-state index in [1.807, 2.05) is 11.8 Å². The Morgan fingerprint density at radius 3 is 2.83 bits per heavy atom. The molecule has 8 heteroatoms. The maximum atomic E-state index is 12.5. The lowest BCUT2D eigenvalue weighted by Gasteiger charge is -2.26. The van der Waals surface area contributed by atoms with Gasteiger partial charge in [0.1, 0.15) is 5.52 Å². The van der Waals surface area contributed by atoms with Crippen LogP contribution in [0.15, 0.2) is 30.5 Å². The third kappa shape index (κ3) is 3.64. The number of ether oxygens (including phenoxy) is 1. The summed E-state index contributed by atoms with van der Waals surface area (Å²) < 4.78 is 29.4. The lowest BCUT2D eigenvalue weighted by Crippen LogP contribution is -2.40. The molecule has 5 nitrogen and oxygen atoms in total. The van der Waals surface area contributed by atoms with Crippen molar-refractivity contribution >= 4 is 34.4 Å². The van der Waals surface area contributed by atoms with Gasteiger partial charge in [0.2, 0.25) is 0 Å². The smallest absolute Gasteiger partial charge is 0.387 e. The Balaban J connectivity index is 1.87. The van der Waals surface area contributed by atoms with Crippen LogP contribution in [0.5, 0.6) is 5.75 Å². The molecule has 1 aromatic heterocycles. The molecule has 2 heterocycles. The standard InChI is InChI=1S/C15H15F2N3O2S/c16-14(17)22-12-4-3-11(10-2-1-5-18-13(10)12)19-15(21)20-6-8-23-9-7-20/h1-5,14H,6-9H2,(H,19,21). The number of pyridine rings is 1. The zero-order valence-electron chi connectivity index (χ0n) is 12.2. The monoisotopic (exact) mass is 339 g/mol. The minimum absolute atomic E-state index is 0.0111. The summed E-state index contributed by atoms with van der Waals surface area (Å²) in [6.45, 7) is -1.54. The van der Waals surface area contributed by atoms with Gasteiger partial charge in [-0.25, -0.2) is 4.79 Å². The molecule has 23 heavy (non-hydrogen) atoms. The third-order valence-corrected chi connectivity index (χ3v) is 4.43. The Labute approximate surface area is 136 Å². The van der Waals surface area contributed by atoms with Gasteiger partial charge < -0.3 is 15.0 Å². The van der Waals surface area contributed by atoms with Crippen molar-refractivity contribution in [3.05, 3.63) is 30.5 Å². The molecule has 0 bridgehead atoms. The van der Waals surface area contributed by atoms with E-state index >= 15 is 0 Å². The third-order valence-electron chi connectivity index (χ3n) is 3.49. The molecular formula is C15H15F2N3O2S. The highest BCUT2D eigenvalue weighted by atomic mass is 32.2. The number of carbonyl (C=O) groups excluding carboxylic acids is 1. The van der Waals surface area contributed by atoms with Crippen molar-refractivity contribution in [3.8, 4) is 5.75 Å². The number of rotatable bonds is 3. The van der Waals surface area contributed by atoms with Crippen molar-refractivity contribution in [1.29, 1.82) is 0 Å². The summed E-state index contributed by atoms with van der Waals surface area (Å²) in [7, 11) is 0. The zero-order chi connectivity index (χ0) is 16.2. The van der Waals surface area contributed by atoms with E-state index in [9.17, 15) is 13.6 Å². The first-order chi connectivity index (χ1) is 11.1. The SMILES string of the molecule is O=C(Nc1ccc(OC(F)F)c2ncccc12)N1CCSCC1. The molecule has 2 aromatic rings. The van der Waals surface area contributed by atoms with E-state index in [1.54, 1.807) is 23.1 Å². The number of halogens is 2. The number of hydrogen-bond acceptors (Lipinski definition) is 4. The number of aromatic nitrogens is 1. The van der Waals surface area contributed by atoms with E-state index in [2.05, 4.69) is 15.0 Å². The molecule has 1 saturated heterocycles. The van der Waals surface area contributed by atoms with Gasteiger partial charge in [0.15, 0.2) is 5.75 Å². The molecule has 3 rings (SSSR count). The van der Waals surface area contributed by atoms with Crippen LogP contribution in [-0.4, -0.2) is 47.1 Å². The van der Waals surface area contributed by atoms with Crippen molar-refractivity contribution in [2.24, 2.45) is 0 Å². The number of thioether (sulfide) groups is 1. The molecule has 1 fully saturated rings. The fourth-order valence-corrected chi connectivity index (χ4v) is 3.31. The summed E-state index contributed by atoms with van der Waals surface area (Å²) in [5, 5.41) is 3.39. The largest absolute Gasteiger partial charge is 0.432 e. The number of hydrogen-bond donors (Lipinski definition) is 1. The summed E-state index contributed by atoms with van der Waals surface area (Å²) in [6.07, 6.45) is 1.49. The molecule has 122 valence electrons. The molecule has 0 unspecified atom stereocenters. The minimum atomic E-state index is -2.92. The Hall–Kier alpha value is -2.09. The maximum absolute atomic E-state index is 12.5. The quantitative estimate of drug-likeness (QED) is 0.931. The van der Waals surface area contributed by atoms with Crippen LogP contribution in [-0.2, 0) is 0 Å². The van der Waals surface area contributed by atoms with Gasteiger partial charge in [-0.3, -0.25) is 4.98 Å². The van der Waals surface area contributed by atoms with Gasteiger partial charge in [0.05, 0.1) is 5.69 Å². The highest BCUT2D eigenvalue weighted by Gasteiger charge is 2.18. The molecule has 0 aliphatic carbocycles. The van der Waals surface area contributed by atoms with E-state index in [0.717, 1.165) is 11.5 Å². The van der Waals surface area contributed by atoms with Crippen LogP contribution in [0.1, 0.15) is 0 Å². The molecule has 1 N–H and O–H groups in total. The number of benzene rings is 1. The normalized spacial score (nSPS) is 15.0. The predicted molar refractivity (Wildman–Crippen MR) is 86.3 cm³/mol. The molecule has 0 spiro atoms. The van der Waals surface area contributed by atoms with Crippen molar-refractivity contribution in [1.82, 2.24) is 9.88 Å². The predicted octanol–water partition coefficient (Wildman–Crippen LogP) is 3.42. The zero-order valence-corrected chi connectivity index (χ0v) is 13.0. The van der Waals surface area contributed by atoms with Gasteiger partial charge in [0, 0.05) is 36.2 Å². The van der Waals surface area contributed by atoms with E-state index < -0.39 is 6.61 Å². The second-order valence-corrected chi connectivity index (χ2v) is 6.14. The highest BCUT2D eigenvalue weighted by Crippen LogP contribution is 2.31. The van der Waals surface area contributed by atoms with Crippen molar-refractivity contribution < 1.29 is 18.3 Å². The van der Waals surface area contributed by atoms with Crippen LogP contribution in [0.25, 0.3) is 10.9 Å². The van der Waals surface area contributed by atoms with Gasteiger partial charge in [-0.2, -0.15) is 20.5 Å². The first-order valence-corrected chi connectivity index (χ1v) is 8.27. The number of nitrogens with one attached hydrogen (secondary N) is 1. The Morgan fingerprint density at radius 2 is 2.09 bits per heavy atom. The number of urea groups is 1. The molecule has 0 radical (unpaired) electrons. The minimum Gasteiger partial charge on any atom is -0.432 e. The number of fused-ring (bicyclic) bond motifs is 1. The second kappa shape index (κ2) is 6.99. The Bertz CT molecular complexity index is 708. The summed E-state index contributed by atoms with van der Waals surface area (Å²) in [4.78, 5) is 18.1. The Morgan fingerprint density at radius 1 is 1.30 bits per heavy atom. The van der Waals surface area contributed by atoms with Crippen LogP contribution in [0.2, 0.25) is 0 Å². The number of amides is 2. The molecule has 0 atom stereocenters. The first-order valence-electron chi connectivity index (χ1n) is 7.11. The number of alkyl halides is 2. The molecule has 1 aliphatic heterocycles. The van der Waals surface area contributed by atoms with E-state index in [-0.39, 0.29) is 11.8 Å². The molecule has 1 aromatic carbocycles. The van der Waals surface area contributed by atoms with Crippen LogP contribution in [0.4, 0.5) is 19.3 Å². The second-order valence-electron chi connectivity index (χ2n) is 4.92. The first kappa shape index (κ1) is 15.8. The van der Waals surface area contributed by atoms with Gasteiger partial charge in [0.25, 0.3) is 0 Å². The average Bonchev–Trinajstić information content (AvgIpc) is 2.57. The van der Waals surface area contributed by atoms with Gasteiger partial charge >= 0.3 is 12.6 Å². The summed E-state index contributed by atoms with van der Waals surface area (Å²) in [5.41, 5.74) is 0.817. The fraction of sp³-hybridized carbons (Fsp3) is 0.333. The van der Waals surface area contributed by atoms with Crippen LogP contribution in [0.3, 0.4) is 0 Å². The van der Waals surface area contributed by atoms with E-state index in [1.165, 1.54) is 12.3 Å². The molecular weight excluding hydrogens is 324 g/mol. The number of anilines is 1. The van der Waals surface area contributed by atoms with Gasteiger partial charge in [-0.05, 0) is 24.3 Å². The topological polar surface area (TPSA) is 54.5 Å². The van der Waals surface area contributed by atoms with Crippen LogP contribution >= 0.6 is 11.8 Å². The van der Waals surface area contributed by atoms with E-state index in [0.29, 0.717) is 29.7 Å². The fourth-order valence-electron chi connectivity index (χ4n) is 2.41. The average molecular weight is 339 g/mol. The molecule has 2 amide bonds. The molecule has 0 saturated carbocycles. The lowest BCUT2D eigenvalue weighted by molar-refractivity contribution is -0.0489. The number of carbonyl (C=O) groups is 1.